The lowest BCUT2D eigenvalue weighted by atomic mass is 9.78. The number of benzene rings is 1. The summed E-state index contributed by atoms with van der Waals surface area (Å²) >= 11 is 0. The van der Waals surface area contributed by atoms with Gasteiger partial charge in [0, 0.05) is 12.1 Å². The van der Waals surface area contributed by atoms with E-state index in [-0.39, 0.29) is 17.7 Å². The number of carbonyl (C=O) groups excluding carboxylic acids is 1. The predicted molar refractivity (Wildman–Crippen MR) is 86.1 cm³/mol. The van der Waals surface area contributed by atoms with Crippen molar-refractivity contribution in [1.82, 2.24) is 5.32 Å². The molecule has 0 saturated heterocycles. The number of hydrogen-bond acceptors (Lipinski definition) is 2. The van der Waals surface area contributed by atoms with Crippen LogP contribution in [0.4, 0.5) is 4.39 Å². The highest BCUT2D eigenvalue weighted by atomic mass is 19.1. The molecule has 0 bridgehead atoms. The Bertz CT molecular complexity index is 556. The molecule has 3 atom stereocenters. The lowest BCUT2D eigenvalue weighted by Crippen LogP contribution is -2.43. The second kappa shape index (κ2) is 7.43. The van der Waals surface area contributed by atoms with Gasteiger partial charge in [0.1, 0.15) is 0 Å². The zero-order valence-corrected chi connectivity index (χ0v) is 13.4. The van der Waals surface area contributed by atoms with Crippen LogP contribution in [0.5, 0.6) is 5.75 Å². The number of methoxy groups -OCH3 is 1. The average Bonchev–Trinajstić information content (AvgIpc) is 2.50. The van der Waals surface area contributed by atoms with Gasteiger partial charge >= 0.3 is 0 Å². The fraction of sp³-hybridized carbons (Fsp3) is 0.500. The van der Waals surface area contributed by atoms with Crippen molar-refractivity contribution >= 4 is 12.0 Å². The molecule has 0 aliphatic heterocycles. The first-order valence-corrected chi connectivity index (χ1v) is 7.83. The van der Waals surface area contributed by atoms with Crippen molar-refractivity contribution < 1.29 is 13.9 Å². The van der Waals surface area contributed by atoms with E-state index in [0.29, 0.717) is 17.4 Å². The van der Waals surface area contributed by atoms with Gasteiger partial charge in [0.15, 0.2) is 11.6 Å². The molecule has 1 fully saturated rings. The Labute approximate surface area is 131 Å². The van der Waals surface area contributed by atoms with Gasteiger partial charge in [-0.3, -0.25) is 4.79 Å². The molecule has 2 rings (SSSR count). The molecule has 0 spiro atoms. The molecule has 1 aliphatic rings. The Hall–Kier alpha value is -1.84. The molecule has 1 saturated carbocycles. The normalized spacial score (nSPS) is 25.2. The minimum absolute atomic E-state index is 0.123. The molecule has 0 aromatic heterocycles. The number of carbonyl (C=O) groups is 1. The lowest BCUT2D eigenvalue weighted by Gasteiger charge is -2.34. The van der Waals surface area contributed by atoms with E-state index < -0.39 is 5.82 Å². The van der Waals surface area contributed by atoms with Gasteiger partial charge in [-0.15, -0.1) is 0 Å². The first-order valence-electron chi connectivity index (χ1n) is 7.83. The van der Waals surface area contributed by atoms with Gasteiger partial charge < -0.3 is 10.1 Å². The second-order valence-corrected chi connectivity index (χ2v) is 6.11. The molecular formula is C18H24FNO2. The Morgan fingerprint density at radius 1 is 1.36 bits per heavy atom. The van der Waals surface area contributed by atoms with E-state index in [4.69, 9.17) is 4.74 Å². The number of rotatable bonds is 4. The monoisotopic (exact) mass is 305 g/mol. The number of hydrogen-bond donors (Lipinski definition) is 1. The van der Waals surface area contributed by atoms with Gasteiger partial charge in [0.2, 0.25) is 5.91 Å². The summed E-state index contributed by atoms with van der Waals surface area (Å²) in [6.45, 7) is 4.43. The molecule has 0 unspecified atom stereocenters. The van der Waals surface area contributed by atoms with Crippen molar-refractivity contribution in [2.75, 3.05) is 7.11 Å². The zero-order chi connectivity index (χ0) is 16.1. The van der Waals surface area contributed by atoms with E-state index in [0.717, 1.165) is 12.8 Å². The minimum Gasteiger partial charge on any atom is -0.494 e. The largest absolute Gasteiger partial charge is 0.494 e. The predicted octanol–water partition coefficient (Wildman–Crippen LogP) is 3.79. The zero-order valence-electron chi connectivity index (χ0n) is 13.4. The summed E-state index contributed by atoms with van der Waals surface area (Å²) in [4.78, 5) is 12.0. The number of halogens is 1. The summed E-state index contributed by atoms with van der Waals surface area (Å²) in [5.74, 6) is 0.775. The van der Waals surface area contributed by atoms with Crippen LogP contribution in [0.15, 0.2) is 24.3 Å². The maximum absolute atomic E-state index is 13.6. The van der Waals surface area contributed by atoms with Crippen LogP contribution in [-0.2, 0) is 4.79 Å². The standard InChI is InChI=1S/C18H24FNO2/c1-12-5-4-6-16(13(12)2)20-18(21)10-8-14-7-9-17(22-3)15(19)11-14/h7-13,16H,4-6H2,1-3H3,(H,20,21)/b10-8+/t12-,13+,16+/m0/s1. The van der Waals surface area contributed by atoms with Crippen molar-refractivity contribution in [3.8, 4) is 5.75 Å². The SMILES string of the molecule is COc1ccc(/C=C/C(=O)N[C@@H]2CCC[C@H](C)[C@H]2C)cc1F. The molecule has 1 aromatic carbocycles. The smallest absolute Gasteiger partial charge is 0.244 e. The van der Waals surface area contributed by atoms with Crippen molar-refractivity contribution in [3.05, 3.63) is 35.7 Å². The first-order chi connectivity index (χ1) is 10.5. The Balaban J connectivity index is 1.95. The summed E-state index contributed by atoms with van der Waals surface area (Å²) in [5, 5.41) is 3.06. The van der Waals surface area contributed by atoms with Crippen LogP contribution < -0.4 is 10.1 Å². The molecule has 22 heavy (non-hydrogen) atoms. The fourth-order valence-electron chi connectivity index (χ4n) is 2.97. The Morgan fingerprint density at radius 3 is 2.82 bits per heavy atom. The van der Waals surface area contributed by atoms with Crippen LogP contribution in [0.25, 0.3) is 6.08 Å². The highest BCUT2D eigenvalue weighted by Gasteiger charge is 2.27. The van der Waals surface area contributed by atoms with Crippen molar-refractivity contribution in [3.63, 3.8) is 0 Å². The molecule has 1 N–H and O–H groups in total. The van der Waals surface area contributed by atoms with E-state index >= 15 is 0 Å². The van der Waals surface area contributed by atoms with E-state index in [2.05, 4.69) is 19.2 Å². The maximum atomic E-state index is 13.6. The van der Waals surface area contributed by atoms with Gasteiger partial charge in [-0.25, -0.2) is 4.39 Å². The fourth-order valence-corrected chi connectivity index (χ4v) is 2.97. The van der Waals surface area contributed by atoms with Crippen LogP contribution in [0.2, 0.25) is 0 Å². The highest BCUT2D eigenvalue weighted by molar-refractivity contribution is 5.91. The molecule has 0 heterocycles. The maximum Gasteiger partial charge on any atom is 0.244 e. The van der Waals surface area contributed by atoms with E-state index in [1.54, 1.807) is 18.2 Å². The highest BCUT2D eigenvalue weighted by Crippen LogP contribution is 2.29. The molecular weight excluding hydrogens is 281 g/mol. The first kappa shape index (κ1) is 16.5. The van der Waals surface area contributed by atoms with Crippen molar-refractivity contribution in [1.29, 1.82) is 0 Å². The molecule has 1 aliphatic carbocycles. The molecule has 4 heteroatoms. The van der Waals surface area contributed by atoms with E-state index in [1.807, 2.05) is 0 Å². The van der Waals surface area contributed by atoms with Crippen LogP contribution in [0, 0.1) is 17.7 Å². The summed E-state index contributed by atoms with van der Waals surface area (Å²) in [7, 11) is 1.42. The summed E-state index contributed by atoms with van der Waals surface area (Å²) < 4.78 is 18.5. The number of amides is 1. The topological polar surface area (TPSA) is 38.3 Å². The third-order valence-corrected chi connectivity index (χ3v) is 4.64. The third kappa shape index (κ3) is 4.09. The van der Waals surface area contributed by atoms with Gasteiger partial charge in [-0.2, -0.15) is 0 Å². The van der Waals surface area contributed by atoms with Crippen molar-refractivity contribution in [2.24, 2.45) is 11.8 Å². The average molecular weight is 305 g/mol. The lowest BCUT2D eigenvalue weighted by molar-refractivity contribution is -0.117. The van der Waals surface area contributed by atoms with Gasteiger partial charge in [0.25, 0.3) is 0 Å². The second-order valence-electron chi connectivity index (χ2n) is 6.11. The van der Waals surface area contributed by atoms with Gasteiger partial charge in [-0.05, 0) is 42.0 Å². The number of ether oxygens (including phenoxy) is 1. The van der Waals surface area contributed by atoms with Crippen LogP contribution in [0.1, 0.15) is 38.7 Å². The van der Waals surface area contributed by atoms with Crippen molar-refractivity contribution in [2.45, 2.75) is 39.2 Å². The van der Waals surface area contributed by atoms with E-state index in [1.165, 1.54) is 25.7 Å². The summed E-state index contributed by atoms with van der Waals surface area (Å²) in [6, 6.07) is 4.86. The molecule has 1 aromatic rings. The van der Waals surface area contributed by atoms with Crippen LogP contribution in [0.3, 0.4) is 0 Å². The third-order valence-electron chi connectivity index (χ3n) is 4.64. The van der Waals surface area contributed by atoms with Crippen LogP contribution in [-0.4, -0.2) is 19.1 Å². The summed E-state index contributed by atoms with van der Waals surface area (Å²) in [5.41, 5.74) is 0.638. The Kier molecular flexibility index (Phi) is 5.58. The quantitative estimate of drug-likeness (QED) is 0.860. The van der Waals surface area contributed by atoms with Crippen LogP contribution >= 0.6 is 0 Å². The van der Waals surface area contributed by atoms with Gasteiger partial charge in [0.05, 0.1) is 7.11 Å². The Morgan fingerprint density at radius 2 is 2.14 bits per heavy atom. The molecule has 0 radical (unpaired) electrons. The molecule has 3 nitrogen and oxygen atoms in total. The number of nitrogens with one attached hydrogen (secondary N) is 1. The minimum atomic E-state index is -0.431. The van der Waals surface area contributed by atoms with E-state index in [9.17, 15) is 9.18 Å². The summed E-state index contributed by atoms with van der Waals surface area (Å²) in [6.07, 6.45) is 6.50. The van der Waals surface area contributed by atoms with Gasteiger partial charge in [-0.1, -0.05) is 32.8 Å². The molecule has 1 amide bonds. The molecule has 120 valence electrons.